The van der Waals surface area contributed by atoms with Crippen LogP contribution in [0.15, 0.2) is 12.1 Å². The summed E-state index contributed by atoms with van der Waals surface area (Å²) >= 11 is 1.83. The molecule has 2 N–H and O–H groups in total. The van der Waals surface area contributed by atoms with Gasteiger partial charge in [-0.2, -0.15) is 0 Å². The molecule has 16 heavy (non-hydrogen) atoms. The Morgan fingerprint density at radius 1 is 1.44 bits per heavy atom. The minimum atomic E-state index is 0.0589. The van der Waals surface area contributed by atoms with Crippen molar-refractivity contribution in [3.8, 4) is 0 Å². The molecule has 2 rings (SSSR count). The summed E-state index contributed by atoms with van der Waals surface area (Å²) < 4.78 is 5.65. The zero-order chi connectivity index (χ0) is 11.8. The van der Waals surface area contributed by atoms with Crippen molar-refractivity contribution in [3.05, 3.63) is 21.9 Å². The van der Waals surface area contributed by atoms with E-state index >= 15 is 0 Å². The van der Waals surface area contributed by atoms with E-state index in [-0.39, 0.29) is 17.6 Å². The van der Waals surface area contributed by atoms with E-state index in [1.165, 1.54) is 9.75 Å². The van der Waals surface area contributed by atoms with E-state index in [2.05, 4.69) is 32.9 Å². The molecule has 2 atom stereocenters. The Morgan fingerprint density at radius 2 is 2.19 bits per heavy atom. The molecule has 1 aromatic rings. The molecule has 90 valence electrons. The molecule has 2 nitrogen and oxygen atoms in total. The molecule has 1 aliphatic rings. The Balaban J connectivity index is 2.12. The molecule has 0 bridgehead atoms. The summed E-state index contributed by atoms with van der Waals surface area (Å²) in [6.45, 7) is 7.58. The van der Waals surface area contributed by atoms with Crippen LogP contribution < -0.4 is 5.73 Å². The standard InChI is InChI=1S/C13H21NOS/c1-13(2,3)11-7-6-10(16-11)12(14)9-5-4-8-15-9/h6-7,9,12H,4-5,8,14H2,1-3H3. The van der Waals surface area contributed by atoms with Gasteiger partial charge in [-0.15, -0.1) is 11.3 Å². The second-order valence-corrected chi connectivity index (χ2v) is 6.64. The molecule has 2 heterocycles. The molecule has 1 aromatic heterocycles. The van der Waals surface area contributed by atoms with Gasteiger partial charge in [0.25, 0.3) is 0 Å². The molecule has 1 fully saturated rings. The van der Waals surface area contributed by atoms with Gasteiger partial charge in [0.05, 0.1) is 12.1 Å². The van der Waals surface area contributed by atoms with Gasteiger partial charge < -0.3 is 10.5 Å². The number of hydrogen-bond acceptors (Lipinski definition) is 3. The molecule has 0 radical (unpaired) electrons. The highest BCUT2D eigenvalue weighted by atomic mass is 32.1. The predicted octanol–water partition coefficient (Wildman–Crippen LogP) is 3.22. The molecule has 0 saturated carbocycles. The fourth-order valence-corrected chi connectivity index (χ4v) is 3.12. The van der Waals surface area contributed by atoms with Crippen LogP contribution in [0.1, 0.15) is 49.4 Å². The fourth-order valence-electron chi connectivity index (χ4n) is 2.00. The molecule has 3 heteroatoms. The van der Waals surface area contributed by atoms with Crippen LogP contribution in [0.3, 0.4) is 0 Å². The van der Waals surface area contributed by atoms with Gasteiger partial charge in [0, 0.05) is 16.4 Å². The lowest BCUT2D eigenvalue weighted by atomic mass is 9.95. The van der Waals surface area contributed by atoms with Crippen molar-refractivity contribution in [2.75, 3.05) is 6.61 Å². The van der Waals surface area contributed by atoms with Gasteiger partial charge in [0.15, 0.2) is 0 Å². The smallest absolute Gasteiger partial charge is 0.0776 e. The van der Waals surface area contributed by atoms with E-state index in [0.29, 0.717) is 0 Å². The Bertz CT molecular complexity index is 347. The fraction of sp³-hybridized carbons (Fsp3) is 0.692. The molecule has 0 aromatic carbocycles. The van der Waals surface area contributed by atoms with Crippen LogP contribution in [0.25, 0.3) is 0 Å². The van der Waals surface area contributed by atoms with Gasteiger partial charge >= 0.3 is 0 Å². The number of nitrogens with two attached hydrogens (primary N) is 1. The van der Waals surface area contributed by atoms with Crippen LogP contribution in [-0.2, 0) is 10.2 Å². The lowest BCUT2D eigenvalue weighted by Gasteiger charge is -2.18. The maximum Gasteiger partial charge on any atom is 0.0776 e. The monoisotopic (exact) mass is 239 g/mol. The summed E-state index contributed by atoms with van der Waals surface area (Å²) in [5, 5.41) is 0. The van der Waals surface area contributed by atoms with Gasteiger partial charge in [-0.1, -0.05) is 20.8 Å². The second kappa shape index (κ2) is 4.47. The van der Waals surface area contributed by atoms with Gasteiger partial charge in [0.1, 0.15) is 0 Å². The summed E-state index contributed by atoms with van der Waals surface area (Å²) in [5.41, 5.74) is 6.46. The number of ether oxygens (including phenoxy) is 1. The number of thiophene rings is 1. The summed E-state index contributed by atoms with van der Waals surface area (Å²) in [5.74, 6) is 0. The normalized spacial score (nSPS) is 23.6. The van der Waals surface area contributed by atoms with Crippen molar-refractivity contribution < 1.29 is 4.74 Å². The maximum atomic E-state index is 6.24. The van der Waals surface area contributed by atoms with Crippen LogP contribution in [-0.4, -0.2) is 12.7 Å². The SMILES string of the molecule is CC(C)(C)c1ccc(C(N)C2CCCO2)s1. The van der Waals surface area contributed by atoms with E-state index in [9.17, 15) is 0 Å². The average molecular weight is 239 g/mol. The Hall–Kier alpha value is -0.380. The van der Waals surface area contributed by atoms with Crippen LogP contribution in [0.5, 0.6) is 0 Å². The van der Waals surface area contributed by atoms with Crippen LogP contribution >= 0.6 is 11.3 Å². The first-order chi connectivity index (χ1) is 7.48. The van der Waals surface area contributed by atoms with E-state index in [0.717, 1.165) is 19.4 Å². The van der Waals surface area contributed by atoms with Crippen molar-refractivity contribution in [3.63, 3.8) is 0 Å². The van der Waals surface area contributed by atoms with Crippen LogP contribution in [0.2, 0.25) is 0 Å². The average Bonchev–Trinajstić information content (AvgIpc) is 2.87. The quantitative estimate of drug-likeness (QED) is 0.860. The molecular formula is C13H21NOS. The Kier molecular flexibility index (Phi) is 3.38. The lowest BCUT2D eigenvalue weighted by Crippen LogP contribution is -2.24. The summed E-state index contributed by atoms with van der Waals surface area (Å²) in [6.07, 6.45) is 2.48. The maximum absolute atomic E-state index is 6.24. The highest BCUT2D eigenvalue weighted by Crippen LogP contribution is 2.34. The van der Waals surface area contributed by atoms with Crippen molar-refractivity contribution >= 4 is 11.3 Å². The lowest BCUT2D eigenvalue weighted by molar-refractivity contribution is 0.0909. The Labute approximate surface area is 102 Å². The van der Waals surface area contributed by atoms with Crippen molar-refractivity contribution in [1.29, 1.82) is 0 Å². The van der Waals surface area contributed by atoms with E-state index in [1.807, 2.05) is 11.3 Å². The third-order valence-corrected chi connectivity index (χ3v) is 4.67. The molecule has 0 spiro atoms. The first kappa shape index (κ1) is 12.1. The van der Waals surface area contributed by atoms with E-state index in [4.69, 9.17) is 10.5 Å². The topological polar surface area (TPSA) is 35.2 Å². The molecule has 1 aliphatic heterocycles. The zero-order valence-electron chi connectivity index (χ0n) is 10.3. The second-order valence-electron chi connectivity index (χ2n) is 5.53. The molecule has 2 unspecified atom stereocenters. The highest BCUT2D eigenvalue weighted by molar-refractivity contribution is 7.12. The molecule has 0 amide bonds. The van der Waals surface area contributed by atoms with Gasteiger partial charge in [-0.05, 0) is 30.4 Å². The Morgan fingerprint density at radius 3 is 2.69 bits per heavy atom. The van der Waals surface area contributed by atoms with Gasteiger partial charge in [-0.3, -0.25) is 0 Å². The summed E-state index contributed by atoms with van der Waals surface area (Å²) in [6, 6.07) is 4.43. The first-order valence-electron chi connectivity index (χ1n) is 5.96. The molecule has 1 saturated heterocycles. The van der Waals surface area contributed by atoms with Crippen molar-refractivity contribution in [1.82, 2.24) is 0 Å². The van der Waals surface area contributed by atoms with E-state index < -0.39 is 0 Å². The largest absolute Gasteiger partial charge is 0.376 e. The van der Waals surface area contributed by atoms with Gasteiger partial charge in [-0.25, -0.2) is 0 Å². The highest BCUT2D eigenvalue weighted by Gasteiger charge is 2.26. The van der Waals surface area contributed by atoms with Crippen molar-refractivity contribution in [2.24, 2.45) is 5.73 Å². The minimum absolute atomic E-state index is 0.0589. The van der Waals surface area contributed by atoms with E-state index in [1.54, 1.807) is 0 Å². The zero-order valence-corrected chi connectivity index (χ0v) is 11.1. The first-order valence-corrected chi connectivity index (χ1v) is 6.77. The van der Waals surface area contributed by atoms with Gasteiger partial charge in [0.2, 0.25) is 0 Å². The molecule has 0 aliphatic carbocycles. The van der Waals surface area contributed by atoms with Crippen molar-refractivity contribution in [2.45, 2.75) is 51.2 Å². The third-order valence-electron chi connectivity index (χ3n) is 3.06. The number of rotatable bonds is 2. The summed E-state index contributed by atoms with van der Waals surface area (Å²) in [4.78, 5) is 2.66. The summed E-state index contributed by atoms with van der Waals surface area (Å²) in [7, 11) is 0. The minimum Gasteiger partial charge on any atom is -0.376 e. The third kappa shape index (κ3) is 2.47. The van der Waals surface area contributed by atoms with Crippen LogP contribution in [0.4, 0.5) is 0 Å². The predicted molar refractivity (Wildman–Crippen MR) is 68.9 cm³/mol. The molecular weight excluding hydrogens is 218 g/mol. The number of hydrogen-bond donors (Lipinski definition) is 1. The van der Waals surface area contributed by atoms with Crippen LogP contribution in [0, 0.1) is 0 Å².